The first-order valence-corrected chi connectivity index (χ1v) is 9.45. The molecule has 27 heavy (non-hydrogen) atoms. The Bertz CT molecular complexity index is 902. The van der Waals surface area contributed by atoms with Crippen LogP contribution in [0.1, 0.15) is 20.9 Å². The van der Waals surface area contributed by atoms with Gasteiger partial charge in [-0.25, -0.2) is 4.98 Å². The van der Waals surface area contributed by atoms with Gasteiger partial charge in [0.15, 0.2) is 0 Å². The van der Waals surface area contributed by atoms with E-state index in [0.717, 1.165) is 39.7 Å². The highest BCUT2D eigenvalue weighted by Crippen LogP contribution is 2.29. The van der Waals surface area contributed by atoms with E-state index in [9.17, 15) is 4.79 Å². The Morgan fingerprint density at radius 2 is 1.59 bits per heavy atom. The zero-order chi connectivity index (χ0) is 19.2. The van der Waals surface area contributed by atoms with Gasteiger partial charge in [0, 0.05) is 12.1 Å². The lowest BCUT2D eigenvalue weighted by Crippen LogP contribution is -2.25. The molecule has 5 nitrogen and oxygen atoms in total. The van der Waals surface area contributed by atoms with Gasteiger partial charge in [0.2, 0.25) is 0 Å². The number of benzene rings is 2. The number of aromatic nitrogens is 1. The second-order valence-corrected chi connectivity index (χ2v) is 7.02. The van der Waals surface area contributed by atoms with Crippen molar-refractivity contribution in [3.8, 4) is 22.1 Å². The minimum absolute atomic E-state index is 0.0849. The minimum atomic E-state index is -0.0849. The molecule has 0 saturated carbocycles. The van der Waals surface area contributed by atoms with E-state index in [2.05, 4.69) is 10.3 Å². The van der Waals surface area contributed by atoms with Gasteiger partial charge in [0.1, 0.15) is 21.4 Å². The number of carbonyl (C=O) groups is 1. The molecule has 6 heteroatoms. The van der Waals surface area contributed by atoms with Gasteiger partial charge < -0.3 is 14.8 Å². The number of rotatable bonds is 7. The highest BCUT2D eigenvalue weighted by atomic mass is 32.1. The Morgan fingerprint density at radius 3 is 2.19 bits per heavy atom. The van der Waals surface area contributed by atoms with Crippen LogP contribution < -0.4 is 14.8 Å². The van der Waals surface area contributed by atoms with Gasteiger partial charge in [-0.05, 0) is 55.3 Å². The smallest absolute Gasteiger partial charge is 0.263 e. The minimum Gasteiger partial charge on any atom is -0.497 e. The molecule has 0 aliphatic rings. The van der Waals surface area contributed by atoms with Gasteiger partial charge in [-0.15, -0.1) is 11.3 Å². The van der Waals surface area contributed by atoms with Crippen LogP contribution in [0.15, 0.2) is 48.5 Å². The molecule has 1 N–H and O–H groups in total. The first-order valence-electron chi connectivity index (χ1n) is 8.63. The van der Waals surface area contributed by atoms with E-state index in [1.54, 1.807) is 14.2 Å². The number of hydrogen-bond donors (Lipinski definition) is 1. The summed E-state index contributed by atoms with van der Waals surface area (Å²) in [5.74, 6) is 1.54. The zero-order valence-electron chi connectivity index (χ0n) is 15.6. The normalized spacial score (nSPS) is 10.5. The van der Waals surface area contributed by atoms with E-state index in [4.69, 9.17) is 9.47 Å². The zero-order valence-corrected chi connectivity index (χ0v) is 16.4. The van der Waals surface area contributed by atoms with Crippen LogP contribution in [-0.4, -0.2) is 31.7 Å². The Morgan fingerprint density at radius 1 is 1.00 bits per heavy atom. The summed E-state index contributed by atoms with van der Waals surface area (Å²) in [7, 11) is 3.28. The van der Waals surface area contributed by atoms with Crippen LogP contribution in [0, 0.1) is 6.92 Å². The molecule has 0 unspecified atom stereocenters. The lowest BCUT2D eigenvalue weighted by Gasteiger charge is -2.05. The maximum atomic E-state index is 12.5. The SMILES string of the molecule is COc1ccc(CCNC(=O)c2sc(-c3ccc(OC)cc3)nc2C)cc1. The van der Waals surface area contributed by atoms with Crippen LogP contribution in [0.5, 0.6) is 11.5 Å². The summed E-state index contributed by atoms with van der Waals surface area (Å²) in [6.07, 6.45) is 0.763. The first kappa shape index (κ1) is 18.9. The second-order valence-electron chi connectivity index (χ2n) is 6.02. The van der Waals surface area contributed by atoms with Crippen LogP contribution in [0.3, 0.4) is 0 Å². The number of nitrogens with zero attached hydrogens (tertiary/aromatic N) is 1. The summed E-state index contributed by atoms with van der Waals surface area (Å²) in [6.45, 7) is 2.43. The number of thiazole rings is 1. The molecule has 1 heterocycles. The third-order valence-corrected chi connectivity index (χ3v) is 5.40. The van der Waals surface area contributed by atoms with Crippen molar-refractivity contribution in [2.24, 2.45) is 0 Å². The molecule has 0 spiro atoms. The average Bonchev–Trinajstić information content (AvgIpc) is 3.10. The van der Waals surface area contributed by atoms with Gasteiger partial charge >= 0.3 is 0 Å². The molecule has 0 aliphatic heterocycles. The lowest BCUT2D eigenvalue weighted by atomic mass is 10.1. The number of aryl methyl sites for hydroxylation is 1. The highest BCUT2D eigenvalue weighted by molar-refractivity contribution is 7.17. The molecule has 140 valence electrons. The fraction of sp³-hybridized carbons (Fsp3) is 0.238. The van der Waals surface area contributed by atoms with Crippen LogP contribution in [0.25, 0.3) is 10.6 Å². The number of methoxy groups -OCH3 is 2. The van der Waals surface area contributed by atoms with E-state index in [1.807, 2.05) is 55.5 Å². The predicted octanol–water partition coefficient (Wildman–Crippen LogP) is 4.11. The number of carbonyl (C=O) groups excluding carboxylic acids is 1. The molecule has 0 aliphatic carbocycles. The van der Waals surface area contributed by atoms with Crippen molar-refractivity contribution in [1.29, 1.82) is 0 Å². The molecular weight excluding hydrogens is 360 g/mol. The molecule has 0 fully saturated rings. The van der Waals surface area contributed by atoms with Crippen LogP contribution in [0.2, 0.25) is 0 Å². The van der Waals surface area contributed by atoms with Crippen molar-refractivity contribution >= 4 is 17.2 Å². The molecule has 3 rings (SSSR count). The predicted molar refractivity (Wildman–Crippen MR) is 108 cm³/mol. The van der Waals surface area contributed by atoms with Crippen molar-refractivity contribution in [3.63, 3.8) is 0 Å². The largest absolute Gasteiger partial charge is 0.497 e. The summed E-state index contributed by atoms with van der Waals surface area (Å²) in [6, 6.07) is 15.5. The first-order chi connectivity index (χ1) is 13.1. The van der Waals surface area contributed by atoms with Gasteiger partial charge in [-0.3, -0.25) is 4.79 Å². The number of amides is 1. The Hall–Kier alpha value is -2.86. The summed E-state index contributed by atoms with van der Waals surface area (Å²) >= 11 is 1.40. The van der Waals surface area contributed by atoms with Crippen molar-refractivity contribution in [3.05, 3.63) is 64.7 Å². The molecule has 1 aromatic heterocycles. The maximum Gasteiger partial charge on any atom is 0.263 e. The van der Waals surface area contributed by atoms with Crippen molar-refractivity contribution < 1.29 is 14.3 Å². The molecule has 1 amide bonds. The summed E-state index contributed by atoms with van der Waals surface area (Å²) in [4.78, 5) is 17.7. The van der Waals surface area contributed by atoms with Gasteiger partial charge in [0.25, 0.3) is 5.91 Å². The Labute approximate surface area is 163 Å². The van der Waals surface area contributed by atoms with Crippen molar-refractivity contribution in [2.45, 2.75) is 13.3 Å². The second kappa shape index (κ2) is 8.68. The van der Waals surface area contributed by atoms with Crippen LogP contribution in [0.4, 0.5) is 0 Å². The van der Waals surface area contributed by atoms with E-state index >= 15 is 0 Å². The number of nitrogens with one attached hydrogen (secondary N) is 1. The standard InChI is InChI=1S/C21H22N2O3S/c1-14-19(27-21(23-14)16-6-10-18(26-3)11-7-16)20(24)22-13-12-15-4-8-17(25-2)9-5-15/h4-11H,12-13H2,1-3H3,(H,22,24). The highest BCUT2D eigenvalue weighted by Gasteiger charge is 2.16. The molecular formula is C21H22N2O3S. The summed E-state index contributed by atoms with van der Waals surface area (Å²) in [5, 5.41) is 3.81. The molecule has 2 aromatic carbocycles. The van der Waals surface area contributed by atoms with Crippen LogP contribution in [-0.2, 0) is 6.42 Å². The Kier molecular flexibility index (Phi) is 6.08. The topological polar surface area (TPSA) is 60.5 Å². The van der Waals surface area contributed by atoms with E-state index in [1.165, 1.54) is 11.3 Å². The molecule has 3 aromatic rings. The van der Waals surface area contributed by atoms with Crippen molar-refractivity contribution in [1.82, 2.24) is 10.3 Å². The number of hydrogen-bond acceptors (Lipinski definition) is 5. The summed E-state index contributed by atoms with van der Waals surface area (Å²) < 4.78 is 10.3. The molecule has 0 atom stereocenters. The van der Waals surface area contributed by atoms with E-state index in [-0.39, 0.29) is 5.91 Å². The van der Waals surface area contributed by atoms with Gasteiger partial charge in [-0.2, -0.15) is 0 Å². The van der Waals surface area contributed by atoms with Gasteiger partial charge in [0.05, 0.1) is 19.9 Å². The van der Waals surface area contributed by atoms with E-state index < -0.39 is 0 Å². The third kappa shape index (κ3) is 4.65. The molecule has 0 radical (unpaired) electrons. The maximum absolute atomic E-state index is 12.5. The summed E-state index contributed by atoms with van der Waals surface area (Å²) in [5.41, 5.74) is 2.87. The van der Waals surface area contributed by atoms with Crippen LogP contribution >= 0.6 is 11.3 Å². The third-order valence-electron chi connectivity index (χ3n) is 4.20. The monoisotopic (exact) mass is 382 g/mol. The fourth-order valence-electron chi connectivity index (χ4n) is 2.66. The quantitative estimate of drug-likeness (QED) is 0.668. The van der Waals surface area contributed by atoms with E-state index in [0.29, 0.717) is 11.4 Å². The average molecular weight is 382 g/mol. The fourth-order valence-corrected chi connectivity index (χ4v) is 3.65. The Balaban J connectivity index is 1.61. The lowest BCUT2D eigenvalue weighted by molar-refractivity contribution is 0.0957. The van der Waals surface area contributed by atoms with Crippen molar-refractivity contribution in [2.75, 3.05) is 20.8 Å². The molecule has 0 bridgehead atoms. The van der Waals surface area contributed by atoms with Gasteiger partial charge in [-0.1, -0.05) is 12.1 Å². The molecule has 0 saturated heterocycles. The number of ether oxygens (including phenoxy) is 2.